The molecule has 6 heteroatoms. The quantitative estimate of drug-likeness (QED) is 0.0245. The lowest BCUT2D eigenvalue weighted by atomic mass is 10.0. The summed E-state index contributed by atoms with van der Waals surface area (Å²) in [5, 5.41) is 23.8. The van der Waals surface area contributed by atoms with Gasteiger partial charge < -0.3 is 20.3 Å². The van der Waals surface area contributed by atoms with Crippen LogP contribution in [0.25, 0.3) is 0 Å². The Balaban J connectivity index is 4.57. The number of carbonyl (C=O) groups excluding carboxylic acids is 2. The van der Waals surface area contributed by atoms with Gasteiger partial charge in [0.2, 0.25) is 5.91 Å². The molecule has 352 valence electrons. The van der Waals surface area contributed by atoms with Crippen molar-refractivity contribution in [2.75, 3.05) is 6.61 Å². The highest BCUT2D eigenvalue weighted by Crippen LogP contribution is 2.17. The lowest BCUT2D eigenvalue weighted by Gasteiger charge is -2.24. The van der Waals surface area contributed by atoms with Gasteiger partial charge in [-0.2, -0.15) is 0 Å². The number of ether oxygens (including phenoxy) is 1. The Morgan fingerprint density at radius 1 is 0.483 bits per heavy atom. The maximum absolute atomic E-state index is 13.2. The first-order valence-corrected chi connectivity index (χ1v) is 26.2. The Hall–Kier alpha value is -1.92. The Morgan fingerprint density at radius 2 is 0.867 bits per heavy atom. The molecule has 0 rings (SSSR count). The van der Waals surface area contributed by atoms with E-state index in [1.54, 1.807) is 0 Å². The second-order valence-electron chi connectivity index (χ2n) is 17.9. The third kappa shape index (κ3) is 42.8. The summed E-state index contributed by atoms with van der Waals surface area (Å²) >= 11 is 0. The molecule has 0 fully saturated rings. The summed E-state index contributed by atoms with van der Waals surface area (Å²) < 4.78 is 5.91. The molecule has 0 saturated carbocycles. The monoisotopic (exact) mass is 844 g/mol. The van der Waals surface area contributed by atoms with E-state index in [1.807, 2.05) is 0 Å². The number of hydrogen-bond acceptors (Lipinski definition) is 5. The molecule has 3 N–H and O–H groups in total. The van der Waals surface area contributed by atoms with E-state index in [9.17, 15) is 19.8 Å². The summed E-state index contributed by atoms with van der Waals surface area (Å²) in [5.41, 5.74) is 0. The fraction of sp³-hybridized carbons (Fsp3) is 0.852. The molecule has 0 aromatic heterocycles. The summed E-state index contributed by atoms with van der Waals surface area (Å²) in [6.45, 7) is 6.45. The summed E-state index contributed by atoms with van der Waals surface area (Å²) in [6.07, 6.45) is 56.3. The van der Waals surface area contributed by atoms with Gasteiger partial charge in [0.05, 0.1) is 25.2 Å². The average molecular weight is 844 g/mol. The molecular weight excluding hydrogens is 743 g/mol. The van der Waals surface area contributed by atoms with E-state index in [-0.39, 0.29) is 24.9 Å². The molecule has 60 heavy (non-hydrogen) atoms. The summed E-state index contributed by atoms with van der Waals surface area (Å²) in [6, 6.07) is -0.710. The van der Waals surface area contributed by atoms with E-state index in [2.05, 4.69) is 62.5 Å². The third-order valence-electron chi connectivity index (χ3n) is 12.0. The molecule has 0 aliphatic rings. The van der Waals surface area contributed by atoms with Crippen LogP contribution < -0.4 is 5.32 Å². The van der Waals surface area contributed by atoms with Crippen LogP contribution in [-0.2, 0) is 14.3 Å². The second-order valence-corrected chi connectivity index (χ2v) is 17.9. The number of amides is 1. The minimum absolute atomic E-state index is 0.0542. The number of unbranched alkanes of at least 4 members (excludes halogenated alkanes) is 30. The van der Waals surface area contributed by atoms with Gasteiger partial charge in [0.15, 0.2) is 0 Å². The molecule has 1 amide bonds. The average Bonchev–Trinajstić information content (AvgIpc) is 3.24. The van der Waals surface area contributed by atoms with Crippen molar-refractivity contribution in [2.24, 2.45) is 0 Å². The van der Waals surface area contributed by atoms with Crippen LogP contribution in [0.2, 0.25) is 0 Å². The van der Waals surface area contributed by atoms with Crippen molar-refractivity contribution in [1.82, 2.24) is 5.32 Å². The van der Waals surface area contributed by atoms with Gasteiger partial charge in [-0.15, -0.1) is 0 Å². The zero-order valence-corrected chi connectivity index (χ0v) is 40.1. The minimum Gasteiger partial charge on any atom is -0.462 e. The van der Waals surface area contributed by atoms with Crippen LogP contribution in [0.5, 0.6) is 0 Å². The topological polar surface area (TPSA) is 95.9 Å². The molecule has 0 spiro atoms. The fourth-order valence-corrected chi connectivity index (χ4v) is 7.95. The predicted octanol–water partition coefficient (Wildman–Crippen LogP) is 15.7. The van der Waals surface area contributed by atoms with E-state index in [0.29, 0.717) is 19.3 Å². The van der Waals surface area contributed by atoms with Crippen molar-refractivity contribution in [3.63, 3.8) is 0 Å². The Labute approximate surface area is 373 Å². The Kier molecular flexibility index (Phi) is 46.6. The first-order chi connectivity index (χ1) is 29.5. The zero-order valence-electron chi connectivity index (χ0n) is 40.1. The van der Waals surface area contributed by atoms with Crippen LogP contribution in [0.1, 0.15) is 271 Å². The van der Waals surface area contributed by atoms with Gasteiger partial charge in [-0.3, -0.25) is 9.59 Å². The lowest BCUT2D eigenvalue weighted by Crippen LogP contribution is -2.46. The van der Waals surface area contributed by atoms with Gasteiger partial charge in [0.25, 0.3) is 0 Å². The van der Waals surface area contributed by atoms with Crippen LogP contribution in [-0.4, -0.2) is 46.9 Å². The van der Waals surface area contributed by atoms with Crippen molar-refractivity contribution in [1.29, 1.82) is 0 Å². The van der Waals surface area contributed by atoms with Crippen LogP contribution in [0.15, 0.2) is 36.5 Å². The van der Waals surface area contributed by atoms with Crippen molar-refractivity contribution in [3.8, 4) is 0 Å². The number of nitrogens with one attached hydrogen (secondary N) is 1. The summed E-state index contributed by atoms with van der Waals surface area (Å²) in [7, 11) is 0. The molecule has 0 heterocycles. The Bertz CT molecular complexity index is 993. The van der Waals surface area contributed by atoms with Crippen LogP contribution in [0.4, 0.5) is 0 Å². The van der Waals surface area contributed by atoms with Crippen LogP contribution in [0, 0.1) is 0 Å². The van der Waals surface area contributed by atoms with Crippen LogP contribution >= 0.6 is 0 Å². The van der Waals surface area contributed by atoms with Gasteiger partial charge in [0, 0.05) is 6.42 Å². The van der Waals surface area contributed by atoms with Crippen molar-refractivity contribution in [2.45, 2.75) is 289 Å². The maximum atomic E-state index is 13.2. The van der Waals surface area contributed by atoms with E-state index >= 15 is 0 Å². The fourth-order valence-electron chi connectivity index (χ4n) is 7.95. The van der Waals surface area contributed by atoms with Gasteiger partial charge in [-0.1, -0.05) is 224 Å². The molecule has 3 unspecified atom stereocenters. The number of esters is 1. The first-order valence-electron chi connectivity index (χ1n) is 26.2. The molecule has 0 bridgehead atoms. The van der Waals surface area contributed by atoms with E-state index in [0.717, 1.165) is 64.2 Å². The number of hydrogen-bond donors (Lipinski definition) is 3. The summed E-state index contributed by atoms with van der Waals surface area (Å²) in [4.78, 5) is 26.1. The molecule has 0 aliphatic carbocycles. The molecule has 3 atom stereocenters. The minimum atomic E-state index is -0.794. The smallest absolute Gasteiger partial charge is 0.306 e. The lowest BCUT2D eigenvalue weighted by molar-refractivity contribution is -0.151. The molecule has 0 aliphatic heterocycles. The molecule has 0 aromatic carbocycles. The highest BCUT2D eigenvalue weighted by atomic mass is 16.5. The molecule has 0 radical (unpaired) electrons. The van der Waals surface area contributed by atoms with E-state index in [4.69, 9.17) is 4.74 Å². The molecular formula is C54H101NO5. The standard InChI is InChI=1S/C54H101NO5/c1-4-7-10-13-16-19-22-25-27-29-32-35-38-41-44-47-54(59)60-50(45-42-39-36-33-30-24-21-18-15-12-9-6-3)48-53(58)55-51(49-56)52(57)46-43-40-37-34-31-28-26-23-20-17-14-11-8-5-2/h16,19,22,25,33,36,50-52,56-57H,4-15,17-18,20-21,23-24,26-32,34-35,37-49H2,1-3H3,(H,55,58)/b19-16+,25-22+,36-33-. The van der Waals surface area contributed by atoms with Crippen molar-refractivity contribution >= 4 is 11.9 Å². The zero-order chi connectivity index (χ0) is 43.8. The van der Waals surface area contributed by atoms with Gasteiger partial charge in [0.1, 0.15) is 6.10 Å². The van der Waals surface area contributed by atoms with Crippen molar-refractivity contribution < 1.29 is 24.5 Å². The molecule has 6 nitrogen and oxygen atoms in total. The van der Waals surface area contributed by atoms with E-state index in [1.165, 1.54) is 161 Å². The molecule has 0 saturated heterocycles. The first kappa shape index (κ1) is 58.1. The number of aliphatic hydroxyl groups excluding tert-OH is 2. The Morgan fingerprint density at radius 3 is 1.35 bits per heavy atom. The van der Waals surface area contributed by atoms with Gasteiger partial charge in [-0.05, 0) is 70.6 Å². The predicted molar refractivity (Wildman–Crippen MR) is 259 cm³/mol. The number of aliphatic hydroxyl groups is 2. The number of rotatable bonds is 47. The highest BCUT2D eigenvalue weighted by Gasteiger charge is 2.24. The number of allylic oxidation sites excluding steroid dienone is 6. The largest absolute Gasteiger partial charge is 0.462 e. The number of carbonyl (C=O) groups is 2. The third-order valence-corrected chi connectivity index (χ3v) is 12.0. The maximum Gasteiger partial charge on any atom is 0.306 e. The van der Waals surface area contributed by atoms with Crippen LogP contribution in [0.3, 0.4) is 0 Å². The summed E-state index contributed by atoms with van der Waals surface area (Å²) in [5.74, 6) is -0.508. The normalized spacial score (nSPS) is 13.5. The van der Waals surface area contributed by atoms with E-state index < -0.39 is 18.2 Å². The van der Waals surface area contributed by atoms with Gasteiger partial charge in [-0.25, -0.2) is 0 Å². The van der Waals surface area contributed by atoms with Crippen molar-refractivity contribution in [3.05, 3.63) is 36.5 Å². The second kappa shape index (κ2) is 48.1. The highest BCUT2D eigenvalue weighted by molar-refractivity contribution is 5.77. The van der Waals surface area contributed by atoms with Gasteiger partial charge >= 0.3 is 5.97 Å². The molecule has 0 aromatic rings. The SMILES string of the molecule is CCCCC/C=C/C=C/CCCCCCCCC(=O)OC(CCC/C=C\CCCCCCCCC)CC(=O)NC(CO)C(O)CCCCCCCCCCCCCCCC.